The normalized spacial score (nSPS) is 16.5. The molecule has 0 spiro atoms. The third-order valence-corrected chi connectivity index (χ3v) is 8.14. The van der Waals surface area contributed by atoms with Gasteiger partial charge in [0.1, 0.15) is 18.4 Å². The second kappa shape index (κ2) is 11.1. The molecule has 7 rings (SSSR count). The van der Waals surface area contributed by atoms with Crippen molar-refractivity contribution >= 4 is 22.9 Å². The van der Waals surface area contributed by atoms with Gasteiger partial charge in [-0.25, -0.2) is 14.8 Å². The fourth-order valence-electron chi connectivity index (χ4n) is 5.90. The minimum Gasteiger partial charge on any atom is -0.434 e. The van der Waals surface area contributed by atoms with Crippen LogP contribution in [0, 0.1) is 0 Å². The molecule has 1 atom stereocenters. The van der Waals surface area contributed by atoms with Crippen molar-refractivity contribution in [3.63, 3.8) is 0 Å². The molecule has 0 radical (unpaired) electrons. The van der Waals surface area contributed by atoms with Gasteiger partial charge in [-0.2, -0.15) is 8.78 Å². The summed E-state index contributed by atoms with van der Waals surface area (Å²) in [6.45, 7) is 0.0498. The zero-order valence-electron chi connectivity index (χ0n) is 23.7. The Hall–Kier alpha value is -5.34. The summed E-state index contributed by atoms with van der Waals surface area (Å²) in [6, 6.07) is 10.5. The summed E-state index contributed by atoms with van der Waals surface area (Å²) >= 11 is 0. The summed E-state index contributed by atoms with van der Waals surface area (Å²) in [7, 11) is 1.64. The van der Waals surface area contributed by atoms with E-state index >= 15 is 0 Å². The van der Waals surface area contributed by atoms with Gasteiger partial charge in [0.2, 0.25) is 5.95 Å². The van der Waals surface area contributed by atoms with Gasteiger partial charge in [0, 0.05) is 56.7 Å². The van der Waals surface area contributed by atoms with Crippen molar-refractivity contribution in [2.45, 2.75) is 25.7 Å². The minimum atomic E-state index is -3.00. The Bertz CT molecular complexity index is 1890. The van der Waals surface area contributed by atoms with Crippen molar-refractivity contribution in [2.24, 2.45) is 7.05 Å². The van der Waals surface area contributed by atoms with Crippen molar-refractivity contribution in [3.05, 3.63) is 82.9 Å². The van der Waals surface area contributed by atoms with Crippen LogP contribution in [0.3, 0.4) is 0 Å². The average molecular weight is 603 g/mol. The molecule has 0 unspecified atom stereocenters. The van der Waals surface area contributed by atoms with Crippen LogP contribution in [0.4, 0.5) is 19.5 Å². The van der Waals surface area contributed by atoms with E-state index in [4.69, 9.17) is 4.74 Å². The number of halogens is 2. The fourth-order valence-corrected chi connectivity index (χ4v) is 5.90. The van der Waals surface area contributed by atoms with Crippen molar-refractivity contribution in [2.75, 3.05) is 31.1 Å². The molecule has 2 aliphatic heterocycles. The minimum absolute atomic E-state index is 0.0283. The number of anilines is 1. The zero-order valence-corrected chi connectivity index (χ0v) is 23.7. The number of carbonyl (C=O) groups excluding carboxylic acids is 1. The van der Waals surface area contributed by atoms with E-state index in [1.54, 1.807) is 59.5 Å². The van der Waals surface area contributed by atoms with Gasteiger partial charge in [0.25, 0.3) is 5.56 Å². The first-order valence-corrected chi connectivity index (χ1v) is 14.0. The molecule has 3 aromatic heterocycles. The van der Waals surface area contributed by atoms with Crippen LogP contribution in [-0.4, -0.2) is 83.9 Å². The van der Waals surface area contributed by atoms with Gasteiger partial charge in [-0.1, -0.05) is 12.1 Å². The van der Waals surface area contributed by atoms with E-state index in [1.165, 1.54) is 10.7 Å². The third-order valence-electron chi connectivity index (χ3n) is 8.14. The number of ether oxygens (including phenoxy) is 1. The quantitative estimate of drug-likeness (QED) is 0.287. The van der Waals surface area contributed by atoms with E-state index in [9.17, 15) is 18.4 Å². The molecule has 226 valence electrons. The number of aromatic nitrogens is 7. The molecule has 2 saturated heterocycles. The van der Waals surface area contributed by atoms with E-state index in [-0.39, 0.29) is 29.9 Å². The molecule has 5 heterocycles. The molecule has 0 bridgehead atoms. The van der Waals surface area contributed by atoms with Gasteiger partial charge in [-0.3, -0.25) is 14.2 Å². The highest BCUT2D eigenvalue weighted by Gasteiger charge is 2.36. The Kier molecular flexibility index (Phi) is 6.91. The van der Waals surface area contributed by atoms with Gasteiger partial charge in [-0.05, 0) is 35.4 Å². The number of rotatable bonds is 8. The van der Waals surface area contributed by atoms with E-state index in [1.807, 2.05) is 17.0 Å². The lowest BCUT2D eigenvalue weighted by Crippen LogP contribution is -2.52. The second-order valence-corrected chi connectivity index (χ2v) is 10.8. The second-order valence-electron chi connectivity index (χ2n) is 10.8. The fraction of sp³-hybridized carbons (Fsp3) is 0.310. The molecule has 0 saturated carbocycles. The number of nitrogens with one attached hydrogen (secondary N) is 1. The number of amides is 2. The van der Waals surface area contributed by atoms with Gasteiger partial charge in [0.05, 0.1) is 30.0 Å². The van der Waals surface area contributed by atoms with Crippen LogP contribution in [0.25, 0.3) is 22.0 Å². The molecule has 44 heavy (non-hydrogen) atoms. The van der Waals surface area contributed by atoms with E-state index in [2.05, 4.69) is 30.4 Å². The Morgan fingerprint density at radius 1 is 1.00 bits per heavy atom. The number of hydrogen-bond acceptors (Lipinski definition) is 8. The molecule has 13 nitrogen and oxygen atoms in total. The number of nitrogens with zero attached hydrogens (tertiary/aromatic N) is 9. The lowest BCUT2D eigenvalue weighted by atomic mass is 10.1. The highest BCUT2D eigenvalue weighted by molar-refractivity contribution is 5.84. The van der Waals surface area contributed by atoms with Crippen LogP contribution in [-0.2, 0) is 20.1 Å². The van der Waals surface area contributed by atoms with Gasteiger partial charge in [0.15, 0.2) is 0 Å². The Balaban J connectivity index is 1.19. The van der Waals surface area contributed by atoms with E-state index in [0.29, 0.717) is 55.1 Å². The van der Waals surface area contributed by atoms with Crippen LogP contribution < -0.4 is 20.5 Å². The summed E-state index contributed by atoms with van der Waals surface area (Å²) in [6.07, 6.45) is 6.61. The first kappa shape index (κ1) is 27.5. The van der Waals surface area contributed by atoms with Crippen LogP contribution in [0.2, 0.25) is 0 Å². The van der Waals surface area contributed by atoms with Crippen LogP contribution >= 0.6 is 0 Å². The average Bonchev–Trinajstić information content (AvgIpc) is 3.74. The Labute approximate surface area is 249 Å². The number of piperazine rings is 1. The van der Waals surface area contributed by atoms with Crippen molar-refractivity contribution in [1.82, 2.24) is 44.3 Å². The first-order chi connectivity index (χ1) is 21.3. The van der Waals surface area contributed by atoms with E-state index in [0.717, 1.165) is 16.7 Å². The standard InChI is InChI=1S/C29H28F2N10O3/c1-37-26(42)23-4-3-19(21-10-32-28(33-11-21)39-6-7-40-22(15-39)12-34-29(40)43)9-24(23)41(37)14-20-8-18(13-38-16-35-36-17-38)2-5-25(20)44-27(30)31/h2-5,8-11,16-17,22,27H,6-7,12-15H2,1H3,(H,34,43)/t22-/m0/s1. The smallest absolute Gasteiger partial charge is 0.387 e. The lowest BCUT2D eigenvalue weighted by molar-refractivity contribution is -0.0505. The maximum absolute atomic E-state index is 13.3. The maximum Gasteiger partial charge on any atom is 0.387 e. The highest BCUT2D eigenvalue weighted by Crippen LogP contribution is 2.28. The van der Waals surface area contributed by atoms with Crippen molar-refractivity contribution < 1.29 is 18.3 Å². The van der Waals surface area contributed by atoms with Crippen LogP contribution in [0.5, 0.6) is 5.75 Å². The number of hydrogen-bond donors (Lipinski definition) is 1. The number of alkyl halides is 2. The largest absolute Gasteiger partial charge is 0.434 e. The molecule has 2 aliphatic rings. The summed E-state index contributed by atoms with van der Waals surface area (Å²) in [5.41, 5.74) is 3.28. The van der Waals surface area contributed by atoms with Crippen molar-refractivity contribution in [3.8, 4) is 16.9 Å². The van der Waals surface area contributed by atoms with E-state index < -0.39 is 6.61 Å². The monoisotopic (exact) mass is 602 g/mol. The lowest BCUT2D eigenvalue weighted by Gasteiger charge is -2.36. The first-order valence-electron chi connectivity index (χ1n) is 14.0. The highest BCUT2D eigenvalue weighted by atomic mass is 19.3. The molecule has 0 aliphatic carbocycles. The molecule has 2 amide bonds. The molecule has 1 N–H and O–H groups in total. The molecule has 5 aromatic rings. The summed E-state index contributed by atoms with van der Waals surface area (Å²) < 4.78 is 36.4. The molecular weight excluding hydrogens is 574 g/mol. The summed E-state index contributed by atoms with van der Waals surface area (Å²) in [5.74, 6) is 0.615. The molecule has 2 fully saturated rings. The zero-order chi connectivity index (χ0) is 30.4. The number of fused-ring (bicyclic) bond motifs is 2. The number of carbonyl (C=O) groups is 1. The number of urea groups is 1. The Morgan fingerprint density at radius 3 is 2.57 bits per heavy atom. The summed E-state index contributed by atoms with van der Waals surface area (Å²) in [4.78, 5) is 38.2. The van der Waals surface area contributed by atoms with Gasteiger partial charge in [-0.15, -0.1) is 10.2 Å². The summed E-state index contributed by atoms with van der Waals surface area (Å²) in [5, 5.41) is 11.0. The SMILES string of the molecule is Cn1c(=O)c2ccc(-c3cnc(N4CCN5C(=O)NC[C@H]5C4)nc3)cc2n1Cc1cc(Cn2cnnc2)ccc1OC(F)F. The number of benzene rings is 2. The molecular formula is C29H28F2N10O3. The molecule has 15 heteroatoms. The van der Waals surface area contributed by atoms with Crippen molar-refractivity contribution in [1.29, 1.82) is 0 Å². The Morgan fingerprint density at radius 2 is 1.80 bits per heavy atom. The third kappa shape index (κ3) is 5.09. The van der Waals surface area contributed by atoms with Crippen LogP contribution in [0.1, 0.15) is 11.1 Å². The molecule has 2 aromatic carbocycles. The topological polar surface area (TPSA) is 128 Å². The predicted molar refractivity (Wildman–Crippen MR) is 156 cm³/mol. The predicted octanol–water partition coefficient (Wildman–Crippen LogP) is 2.30. The van der Waals surface area contributed by atoms with Gasteiger partial charge < -0.3 is 24.4 Å². The van der Waals surface area contributed by atoms with Crippen LogP contribution in [0.15, 0.2) is 66.2 Å². The van der Waals surface area contributed by atoms with Gasteiger partial charge >= 0.3 is 12.6 Å². The maximum atomic E-state index is 13.3.